The lowest BCUT2D eigenvalue weighted by Gasteiger charge is -2.41. The molecule has 1 aliphatic heterocycles. The van der Waals surface area contributed by atoms with E-state index in [0.29, 0.717) is 25.2 Å². The molecule has 3 N–H and O–H groups in total. The van der Waals surface area contributed by atoms with Gasteiger partial charge in [0.15, 0.2) is 0 Å². The van der Waals surface area contributed by atoms with E-state index in [1.165, 1.54) is 51.5 Å². The maximum Gasteiger partial charge on any atom is 0.0869 e. The van der Waals surface area contributed by atoms with Gasteiger partial charge in [0.05, 0.1) is 5.60 Å². The molecule has 1 saturated carbocycles. The van der Waals surface area contributed by atoms with Crippen LogP contribution in [0.2, 0.25) is 0 Å². The van der Waals surface area contributed by atoms with E-state index in [2.05, 4.69) is 15.5 Å². The van der Waals surface area contributed by atoms with Gasteiger partial charge in [0.25, 0.3) is 0 Å². The Kier molecular flexibility index (Phi) is 6.48. The third-order valence-electron chi connectivity index (χ3n) is 5.09. The Labute approximate surface area is 130 Å². The summed E-state index contributed by atoms with van der Waals surface area (Å²) in [5.74, 6) is 0.745. The third kappa shape index (κ3) is 5.51. The fourth-order valence-electron chi connectivity index (χ4n) is 4.23. The fraction of sp³-hybridized carbons (Fsp3) is 1.00. The molecule has 4 heteroatoms. The molecular formula is C17H35N3O. The van der Waals surface area contributed by atoms with E-state index in [1.807, 2.05) is 21.0 Å². The standard InChI is InChI=1S/C17H35N3O/c1-17(21,13-20(2)3)12-19-16-9-5-4-8-14(16)15-10-6-7-11-18-15/h14-16,18-19,21H,4-13H2,1-3H3. The Morgan fingerprint density at radius 2 is 1.86 bits per heavy atom. The molecular weight excluding hydrogens is 262 g/mol. The number of hydrogen-bond acceptors (Lipinski definition) is 4. The highest BCUT2D eigenvalue weighted by atomic mass is 16.3. The van der Waals surface area contributed by atoms with Crippen LogP contribution < -0.4 is 10.6 Å². The first-order chi connectivity index (χ1) is 9.98. The summed E-state index contributed by atoms with van der Waals surface area (Å²) >= 11 is 0. The lowest BCUT2D eigenvalue weighted by atomic mass is 9.77. The van der Waals surface area contributed by atoms with Gasteiger partial charge in [0.2, 0.25) is 0 Å². The van der Waals surface area contributed by atoms with E-state index in [-0.39, 0.29) is 0 Å². The zero-order valence-corrected chi connectivity index (χ0v) is 14.2. The van der Waals surface area contributed by atoms with Crippen LogP contribution in [0.3, 0.4) is 0 Å². The smallest absolute Gasteiger partial charge is 0.0869 e. The highest BCUT2D eigenvalue weighted by Gasteiger charge is 2.33. The first-order valence-electron chi connectivity index (χ1n) is 8.82. The van der Waals surface area contributed by atoms with E-state index in [1.54, 1.807) is 0 Å². The molecule has 4 nitrogen and oxygen atoms in total. The lowest BCUT2D eigenvalue weighted by Crippen LogP contribution is -2.54. The highest BCUT2D eigenvalue weighted by molar-refractivity contribution is 4.92. The van der Waals surface area contributed by atoms with E-state index in [0.717, 1.165) is 5.92 Å². The second kappa shape index (κ2) is 7.91. The van der Waals surface area contributed by atoms with Gasteiger partial charge in [0, 0.05) is 25.2 Å². The summed E-state index contributed by atoms with van der Waals surface area (Å²) in [6.45, 7) is 4.53. The molecule has 0 spiro atoms. The largest absolute Gasteiger partial charge is 0.388 e. The molecule has 2 aliphatic rings. The number of rotatable bonds is 6. The Morgan fingerprint density at radius 1 is 1.14 bits per heavy atom. The van der Waals surface area contributed by atoms with Crippen LogP contribution in [0.5, 0.6) is 0 Å². The van der Waals surface area contributed by atoms with Gasteiger partial charge in [0.1, 0.15) is 0 Å². The Morgan fingerprint density at radius 3 is 2.52 bits per heavy atom. The Balaban J connectivity index is 1.86. The van der Waals surface area contributed by atoms with Gasteiger partial charge in [-0.2, -0.15) is 0 Å². The summed E-state index contributed by atoms with van der Waals surface area (Å²) in [5, 5.41) is 17.9. The summed E-state index contributed by atoms with van der Waals surface area (Å²) in [4.78, 5) is 2.06. The summed E-state index contributed by atoms with van der Waals surface area (Å²) in [6.07, 6.45) is 9.34. The molecule has 2 fully saturated rings. The minimum absolute atomic E-state index is 0.572. The van der Waals surface area contributed by atoms with Gasteiger partial charge >= 0.3 is 0 Å². The van der Waals surface area contributed by atoms with Crippen molar-refractivity contribution in [3.05, 3.63) is 0 Å². The first-order valence-corrected chi connectivity index (χ1v) is 8.82. The molecule has 21 heavy (non-hydrogen) atoms. The van der Waals surface area contributed by atoms with Crippen LogP contribution in [0, 0.1) is 5.92 Å². The molecule has 0 amide bonds. The predicted molar refractivity (Wildman–Crippen MR) is 88.6 cm³/mol. The van der Waals surface area contributed by atoms with Crippen LogP contribution in [0.15, 0.2) is 0 Å². The van der Waals surface area contributed by atoms with Crippen LogP contribution in [0.4, 0.5) is 0 Å². The van der Waals surface area contributed by atoms with E-state index in [4.69, 9.17) is 0 Å². The first kappa shape index (κ1) is 17.2. The molecule has 0 bridgehead atoms. The second-order valence-electron chi connectivity index (χ2n) is 7.73. The molecule has 0 aromatic rings. The zero-order chi connectivity index (χ0) is 15.3. The molecule has 1 heterocycles. The lowest BCUT2D eigenvalue weighted by molar-refractivity contribution is 0.0259. The van der Waals surface area contributed by atoms with Crippen LogP contribution in [-0.4, -0.2) is 61.4 Å². The monoisotopic (exact) mass is 297 g/mol. The van der Waals surface area contributed by atoms with Crippen LogP contribution in [-0.2, 0) is 0 Å². The van der Waals surface area contributed by atoms with Gasteiger partial charge in [-0.3, -0.25) is 0 Å². The van der Waals surface area contributed by atoms with Gasteiger partial charge < -0.3 is 20.6 Å². The Bertz CT molecular complexity index is 300. The number of piperidine rings is 1. The van der Waals surface area contributed by atoms with Crippen LogP contribution >= 0.6 is 0 Å². The number of nitrogens with zero attached hydrogens (tertiary/aromatic N) is 1. The van der Waals surface area contributed by atoms with Crippen LogP contribution in [0.1, 0.15) is 51.9 Å². The second-order valence-corrected chi connectivity index (χ2v) is 7.73. The summed E-state index contributed by atoms with van der Waals surface area (Å²) in [5.41, 5.74) is -0.647. The van der Waals surface area contributed by atoms with Crippen molar-refractivity contribution in [2.45, 2.75) is 69.6 Å². The van der Waals surface area contributed by atoms with Crippen molar-refractivity contribution in [1.29, 1.82) is 0 Å². The van der Waals surface area contributed by atoms with Gasteiger partial charge in [-0.15, -0.1) is 0 Å². The van der Waals surface area contributed by atoms with Crippen molar-refractivity contribution < 1.29 is 5.11 Å². The number of hydrogen-bond donors (Lipinski definition) is 3. The van der Waals surface area contributed by atoms with Crippen molar-refractivity contribution in [3.8, 4) is 0 Å². The summed E-state index contributed by atoms with van der Waals surface area (Å²) in [7, 11) is 4.04. The predicted octanol–water partition coefficient (Wildman–Crippen LogP) is 1.59. The molecule has 4 atom stereocenters. The minimum atomic E-state index is -0.647. The molecule has 1 aliphatic carbocycles. The number of nitrogens with one attached hydrogen (secondary N) is 2. The number of aliphatic hydroxyl groups is 1. The van der Waals surface area contributed by atoms with E-state index < -0.39 is 5.60 Å². The molecule has 4 unspecified atom stereocenters. The maximum absolute atomic E-state index is 10.5. The van der Waals surface area contributed by atoms with Crippen molar-refractivity contribution in [3.63, 3.8) is 0 Å². The molecule has 0 radical (unpaired) electrons. The zero-order valence-electron chi connectivity index (χ0n) is 14.2. The summed E-state index contributed by atoms with van der Waals surface area (Å²) < 4.78 is 0. The van der Waals surface area contributed by atoms with Gasteiger partial charge in [-0.05, 0) is 59.2 Å². The molecule has 1 saturated heterocycles. The van der Waals surface area contributed by atoms with Crippen LogP contribution in [0.25, 0.3) is 0 Å². The third-order valence-corrected chi connectivity index (χ3v) is 5.09. The maximum atomic E-state index is 10.5. The normalized spacial score (nSPS) is 33.9. The number of likely N-dealkylation sites (N-methyl/N-ethyl adjacent to an activating group) is 1. The quantitative estimate of drug-likeness (QED) is 0.697. The Hall–Kier alpha value is -0.160. The highest BCUT2D eigenvalue weighted by Crippen LogP contribution is 2.30. The van der Waals surface area contributed by atoms with Crippen molar-refractivity contribution in [2.75, 3.05) is 33.7 Å². The fourth-order valence-corrected chi connectivity index (χ4v) is 4.23. The van der Waals surface area contributed by atoms with Gasteiger partial charge in [-0.1, -0.05) is 19.3 Å². The average Bonchev–Trinajstić information content (AvgIpc) is 2.45. The molecule has 0 aromatic carbocycles. The van der Waals surface area contributed by atoms with Crippen molar-refractivity contribution in [1.82, 2.24) is 15.5 Å². The van der Waals surface area contributed by atoms with Crippen molar-refractivity contribution in [2.24, 2.45) is 5.92 Å². The molecule has 0 aromatic heterocycles. The van der Waals surface area contributed by atoms with E-state index >= 15 is 0 Å². The SMILES string of the molecule is CN(C)CC(C)(O)CNC1CCCCC1C1CCCCN1. The van der Waals surface area contributed by atoms with E-state index in [9.17, 15) is 5.11 Å². The topological polar surface area (TPSA) is 47.5 Å². The van der Waals surface area contributed by atoms with Gasteiger partial charge in [-0.25, -0.2) is 0 Å². The summed E-state index contributed by atoms with van der Waals surface area (Å²) in [6, 6.07) is 1.26. The average molecular weight is 297 g/mol. The molecule has 124 valence electrons. The van der Waals surface area contributed by atoms with Crippen molar-refractivity contribution >= 4 is 0 Å². The molecule has 2 rings (SSSR count). The minimum Gasteiger partial charge on any atom is -0.388 e.